The number of nitrogens with one attached hydrogen (secondary N) is 1. The lowest BCUT2D eigenvalue weighted by Gasteiger charge is -2.17. The minimum Gasteiger partial charge on any atom is -0.495 e. The second-order valence-corrected chi connectivity index (χ2v) is 6.98. The van der Waals surface area contributed by atoms with E-state index in [0.29, 0.717) is 40.7 Å². The summed E-state index contributed by atoms with van der Waals surface area (Å²) in [6, 6.07) is 11.0. The first-order valence-electron chi connectivity index (χ1n) is 9.07. The van der Waals surface area contributed by atoms with Crippen LogP contribution in [-0.2, 0) is 9.59 Å². The molecule has 7 heteroatoms. The van der Waals surface area contributed by atoms with Crippen LogP contribution in [0.4, 0.5) is 11.4 Å². The Bertz CT molecular complexity index is 1070. The van der Waals surface area contributed by atoms with Crippen LogP contribution in [0.5, 0.6) is 5.75 Å². The maximum atomic E-state index is 12.8. The van der Waals surface area contributed by atoms with Gasteiger partial charge in [0.05, 0.1) is 18.7 Å². The van der Waals surface area contributed by atoms with E-state index in [0.717, 1.165) is 5.56 Å². The number of nitrogens with zero attached hydrogens (tertiary/aromatic N) is 2. The molecule has 1 aliphatic heterocycles. The van der Waals surface area contributed by atoms with Gasteiger partial charge < -0.3 is 19.4 Å². The van der Waals surface area contributed by atoms with Crippen molar-refractivity contribution in [2.75, 3.05) is 23.9 Å². The molecule has 2 heterocycles. The van der Waals surface area contributed by atoms with Crippen LogP contribution in [0.1, 0.15) is 17.9 Å². The Hall–Kier alpha value is -3.35. The molecule has 1 aromatic heterocycles. The van der Waals surface area contributed by atoms with E-state index in [1.54, 1.807) is 25.0 Å². The third kappa shape index (κ3) is 3.31. The van der Waals surface area contributed by atoms with Gasteiger partial charge in [0.1, 0.15) is 11.3 Å². The lowest BCUT2D eigenvalue weighted by Crippen LogP contribution is -2.28. The van der Waals surface area contributed by atoms with E-state index < -0.39 is 5.92 Å². The maximum absolute atomic E-state index is 12.8. The molecule has 0 radical (unpaired) electrons. The normalized spacial score (nSPS) is 16.6. The highest BCUT2D eigenvalue weighted by Crippen LogP contribution is 2.30. The van der Waals surface area contributed by atoms with E-state index >= 15 is 0 Å². The molecule has 7 nitrogen and oxygen atoms in total. The molecule has 0 aliphatic carbocycles. The molecule has 1 atom stereocenters. The fourth-order valence-electron chi connectivity index (χ4n) is 3.49. The van der Waals surface area contributed by atoms with E-state index in [2.05, 4.69) is 10.3 Å². The lowest BCUT2D eigenvalue weighted by molar-refractivity contribution is -0.122. The number of methoxy groups -OCH3 is 1. The molecule has 1 fully saturated rings. The second-order valence-electron chi connectivity index (χ2n) is 6.98. The largest absolute Gasteiger partial charge is 0.495 e. The average Bonchev–Trinajstić information content (AvgIpc) is 3.23. The standard InChI is InChI=1S/C21H21N3O4/c1-12-4-6-18(27-3)16(8-12)23-21(26)14-9-20(25)24(11-14)15-5-7-19-17(10-15)22-13(2)28-19/h4-8,10,14H,9,11H2,1-3H3,(H,23,26)/t14-/m1/s1. The fraction of sp³-hybridized carbons (Fsp3) is 0.286. The number of carbonyl (C=O) groups excluding carboxylic acids is 2. The number of oxazole rings is 1. The predicted octanol–water partition coefficient (Wildman–Crippen LogP) is 3.44. The van der Waals surface area contributed by atoms with Gasteiger partial charge in [-0.3, -0.25) is 9.59 Å². The molecular weight excluding hydrogens is 358 g/mol. The Morgan fingerprint density at radius 2 is 2.07 bits per heavy atom. The number of fused-ring (bicyclic) bond motifs is 1. The van der Waals surface area contributed by atoms with Crippen LogP contribution >= 0.6 is 0 Å². The Morgan fingerprint density at radius 3 is 2.86 bits per heavy atom. The van der Waals surface area contributed by atoms with Crippen molar-refractivity contribution in [2.45, 2.75) is 20.3 Å². The van der Waals surface area contributed by atoms with Gasteiger partial charge in [-0.15, -0.1) is 0 Å². The number of ether oxygens (including phenoxy) is 1. The van der Waals surface area contributed by atoms with E-state index in [1.807, 2.05) is 37.3 Å². The van der Waals surface area contributed by atoms with E-state index in [1.165, 1.54) is 0 Å². The van der Waals surface area contributed by atoms with E-state index in [-0.39, 0.29) is 18.2 Å². The molecule has 1 aliphatic rings. The molecule has 0 bridgehead atoms. The van der Waals surface area contributed by atoms with Gasteiger partial charge in [0, 0.05) is 25.6 Å². The number of carbonyl (C=O) groups is 2. The molecule has 2 amide bonds. The summed E-state index contributed by atoms with van der Waals surface area (Å²) in [5, 5.41) is 2.90. The van der Waals surface area contributed by atoms with Gasteiger partial charge in [-0.2, -0.15) is 0 Å². The first-order valence-corrected chi connectivity index (χ1v) is 9.07. The van der Waals surface area contributed by atoms with E-state index in [9.17, 15) is 9.59 Å². The number of aryl methyl sites for hydroxylation is 2. The zero-order valence-electron chi connectivity index (χ0n) is 16.0. The van der Waals surface area contributed by atoms with Crippen molar-refractivity contribution < 1.29 is 18.7 Å². The van der Waals surface area contributed by atoms with Gasteiger partial charge in [0.15, 0.2) is 11.5 Å². The van der Waals surface area contributed by atoms with Crippen molar-refractivity contribution in [2.24, 2.45) is 5.92 Å². The van der Waals surface area contributed by atoms with Crippen molar-refractivity contribution in [3.8, 4) is 5.75 Å². The summed E-state index contributed by atoms with van der Waals surface area (Å²) in [6.45, 7) is 4.04. The number of anilines is 2. The number of amides is 2. The van der Waals surface area contributed by atoms with Gasteiger partial charge in [-0.05, 0) is 42.8 Å². The Labute approximate surface area is 162 Å². The highest BCUT2D eigenvalue weighted by Gasteiger charge is 2.35. The van der Waals surface area contributed by atoms with Crippen molar-refractivity contribution in [1.29, 1.82) is 0 Å². The van der Waals surface area contributed by atoms with Crippen LogP contribution in [-0.4, -0.2) is 30.5 Å². The second kappa shape index (κ2) is 6.99. The number of hydrogen-bond acceptors (Lipinski definition) is 5. The average molecular weight is 379 g/mol. The molecule has 28 heavy (non-hydrogen) atoms. The number of aromatic nitrogens is 1. The summed E-state index contributed by atoms with van der Waals surface area (Å²) in [5.41, 5.74) is 3.71. The number of rotatable bonds is 4. The highest BCUT2D eigenvalue weighted by molar-refractivity contribution is 6.04. The zero-order chi connectivity index (χ0) is 19.8. The molecule has 1 N–H and O–H groups in total. The molecule has 0 spiro atoms. The van der Waals surface area contributed by atoms with Crippen molar-refractivity contribution >= 4 is 34.3 Å². The summed E-state index contributed by atoms with van der Waals surface area (Å²) in [5.74, 6) is 0.442. The van der Waals surface area contributed by atoms with E-state index in [4.69, 9.17) is 9.15 Å². The Morgan fingerprint density at radius 1 is 1.25 bits per heavy atom. The molecule has 0 saturated carbocycles. The van der Waals surface area contributed by atoms with Crippen LogP contribution in [0.15, 0.2) is 40.8 Å². The minimum absolute atomic E-state index is 0.0871. The van der Waals surface area contributed by atoms with Gasteiger partial charge in [0.25, 0.3) is 0 Å². The topological polar surface area (TPSA) is 84.7 Å². The first-order chi connectivity index (χ1) is 13.4. The molecule has 144 valence electrons. The van der Waals surface area contributed by atoms with Gasteiger partial charge in [-0.25, -0.2) is 4.98 Å². The SMILES string of the molecule is COc1ccc(C)cc1NC(=O)[C@@H]1CC(=O)N(c2ccc3oc(C)nc3c2)C1. The van der Waals surface area contributed by atoms with Crippen LogP contribution < -0.4 is 15.0 Å². The van der Waals surface area contributed by atoms with Crippen LogP contribution in [0.3, 0.4) is 0 Å². The number of hydrogen-bond donors (Lipinski definition) is 1. The fourth-order valence-corrected chi connectivity index (χ4v) is 3.49. The van der Waals surface area contributed by atoms with Crippen molar-refractivity contribution in [3.63, 3.8) is 0 Å². The molecular formula is C21H21N3O4. The van der Waals surface area contributed by atoms with Gasteiger partial charge in [-0.1, -0.05) is 6.07 Å². The summed E-state index contributed by atoms with van der Waals surface area (Å²) in [7, 11) is 1.56. The molecule has 0 unspecified atom stereocenters. The first kappa shape index (κ1) is 18.0. The van der Waals surface area contributed by atoms with Crippen LogP contribution in [0.2, 0.25) is 0 Å². The zero-order valence-corrected chi connectivity index (χ0v) is 16.0. The van der Waals surface area contributed by atoms with Crippen molar-refractivity contribution in [3.05, 3.63) is 47.9 Å². The molecule has 1 saturated heterocycles. The van der Waals surface area contributed by atoms with Crippen LogP contribution in [0, 0.1) is 19.8 Å². The summed E-state index contributed by atoms with van der Waals surface area (Å²) < 4.78 is 10.8. The minimum atomic E-state index is -0.438. The smallest absolute Gasteiger partial charge is 0.229 e. The predicted molar refractivity (Wildman–Crippen MR) is 106 cm³/mol. The Balaban J connectivity index is 1.52. The third-order valence-corrected chi connectivity index (χ3v) is 4.90. The summed E-state index contributed by atoms with van der Waals surface area (Å²) >= 11 is 0. The quantitative estimate of drug-likeness (QED) is 0.751. The lowest BCUT2D eigenvalue weighted by atomic mass is 10.1. The summed E-state index contributed by atoms with van der Waals surface area (Å²) in [4.78, 5) is 31.2. The molecule has 2 aromatic carbocycles. The Kier molecular flexibility index (Phi) is 4.50. The van der Waals surface area contributed by atoms with Crippen LogP contribution in [0.25, 0.3) is 11.1 Å². The molecule has 4 rings (SSSR count). The third-order valence-electron chi connectivity index (χ3n) is 4.90. The monoisotopic (exact) mass is 379 g/mol. The number of benzene rings is 2. The summed E-state index contributed by atoms with van der Waals surface area (Å²) in [6.07, 6.45) is 0.163. The van der Waals surface area contributed by atoms with Gasteiger partial charge in [0.2, 0.25) is 11.8 Å². The highest BCUT2D eigenvalue weighted by atomic mass is 16.5. The van der Waals surface area contributed by atoms with Gasteiger partial charge >= 0.3 is 0 Å². The van der Waals surface area contributed by atoms with Crippen molar-refractivity contribution in [1.82, 2.24) is 4.98 Å². The molecule has 3 aromatic rings. The maximum Gasteiger partial charge on any atom is 0.229 e.